The summed E-state index contributed by atoms with van der Waals surface area (Å²) in [6, 6.07) is 5.87. The molecule has 0 bridgehead atoms. The lowest BCUT2D eigenvalue weighted by atomic mass is 9.91. The molecule has 0 heterocycles. The molecule has 0 radical (unpaired) electrons. The highest BCUT2D eigenvalue weighted by Gasteiger charge is 2.10. The van der Waals surface area contributed by atoms with Crippen molar-refractivity contribution in [1.82, 2.24) is 0 Å². The normalized spacial score (nSPS) is 12.8. The lowest BCUT2D eigenvalue weighted by Crippen LogP contribution is -1.97. The van der Waals surface area contributed by atoms with Gasteiger partial charge in [-0.25, -0.2) is 0 Å². The van der Waals surface area contributed by atoms with Gasteiger partial charge in [-0.05, 0) is 42.5 Å². The van der Waals surface area contributed by atoms with Crippen LogP contribution in [0.2, 0.25) is 10.0 Å². The maximum atomic E-state index is 6.00. The van der Waals surface area contributed by atoms with E-state index >= 15 is 0 Å². The number of hydrogen-bond donors (Lipinski definition) is 0. The Morgan fingerprint density at radius 1 is 1.07 bits per heavy atom. The Hall–Kier alpha value is -0.200. The number of unbranched alkanes of at least 4 members (excludes halogenated alkanes) is 1. The predicted molar refractivity (Wildman–Crippen MR) is 69.0 cm³/mol. The number of halogens is 2. The van der Waals surface area contributed by atoms with Gasteiger partial charge >= 0.3 is 0 Å². The lowest BCUT2D eigenvalue weighted by Gasteiger charge is -2.15. The fourth-order valence-corrected chi connectivity index (χ4v) is 2.41. The predicted octanol–water partition coefficient (Wildman–Crippen LogP) is 5.68. The van der Waals surface area contributed by atoms with Crippen LogP contribution < -0.4 is 0 Å². The van der Waals surface area contributed by atoms with Crippen molar-refractivity contribution in [2.45, 2.75) is 45.4 Å². The lowest BCUT2D eigenvalue weighted by molar-refractivity contribution is 0.570. The van der Waals surface area contributed by atoms with Crippen molar-refractivity contribution in [3.63, 3.8) is 0 Å². The van der Waals surface area contributed by atoms with Crippen LogP contribution in [-0.4, -0.2) is 0 Å². The third kappa shape index (κ3) is 4.04. The Morgan fingerprint density at radius 2 is 1.67 bits per heavy atom. The van der Waals surface area contributed by atoms with Crippen LogP contribution in [-0.2, 0) is 0 Å². The first-order chi connectivity index (χ1) is 7.17. The highest BCUT2D eigenvalue weighted by Crippen LogP contribution is 2.30. The zero-order chi connectivity index (χ0) is 11.3. The summed E-state index contributed by atoms with van der Waals surface area (Å²) in [7, 11) is 0. The van der Waals surface area contributed by atoms with Gasteiger partial charge < -0.3 is 0 Å². The quantitative estimate of drug-likeness (QED) is 0.626. The average Bonchev–Trinajstić information content (AvgIpc) is 2.17. The van der Waals surface area contributed by atoms with Crippen molar-refractivity contribution in [3.8, 4) is 0 Å². The van der Waals surface area contributed by atoms with Gasteiger partial charge in [0.25, 0.3) is 0 Å². The Balaban J connectivity index is 2.81. The minimum Gasteiger partial charge on any atom is -0.0843 e. The van der Waals surface area contributed by atoms with Crippen molar-refractivity contribution in [1.29, 1.82) is 0 Å². The molecule has 1 unspecified atom stereocenters. The monoisotopic (exact) mass is 244 g/mol. The van der Waals surface area contributed by atoms with Gasteiger partial charge in [0, 0.05) is 10.0 Å². The molecule has 0 amide bonds. The summed E-state index contributed by atoms with van der Waals surface area (Å²) in [6.07, 6.45) is 4.88. The summed E-state index contributed by atoms with van der Waals surface area (Å²) >= 11 is 12.0. The molecule has 1 rings (SSSR count). The zero-order valence-electron chi connectivity index (χ0n) is 9.39. The van der Waals surface area contributed by atoms with Crippen LogP contribution in [0.5, 0.6) is 0 Å². The molecular weight excluding hydrogens is 227 g/mol. The van der Waals surface area contributed by atoms with E-state index in [4.69, 9.17) is 23.2 Å². The summed E-state index contributed by atoms with van der Waals surface area (Å²) in [4.78, 5) is 0. The van der Waals surface area contributed by atoms with Crippen LogP contribution in [0.15, 0.2) is 18.2 Å². The Kier molecular flexibility index (Phi) is 5.49. The second-order valence-corrected chi connectivity index (χ2v) is 4.82. The van der Waals surface area contributed by atoms with Gasteiger partial charge in [-0.1, -0.05) is 49.9 Å². The van der Waals surface area contributed by atoms with Crippen LogP contribution in [0.3, 0.4) is 0 Å². The molecule has 0 aromatic heterocycles. The first-order valence-corrected chi connectivity index (χ1v) is 6.39. The smallest absolute Gasteiger partial charge is 0.0423 e. The molecule has 1 aromatic carbocycles. The van der Waals surface area contributed by atoms with E-state index in [1.807, 2.05) is 12.1 Å². The second-order valence-electron chi connectivity index (χ2n) is 3.95. The van der Waals surface area contributed by atoms with E-state index in [2.05, 4.69) is 13.8 Å². The molecule has 0 spiro atoms. The molecule has 0 aliphatic carbocycles. The van der Waals surface area contributed by atoms with Crippen molar-refractivity contribution in [3.05, 3.63) is 33.8 Å². The molecule has 0 saturated carbocycles. The SMILES string of the molecule is CCCCC(CC)c1cc(Cl)cc(Cl)c1. The van der Waals surface area contributed by atoms with E-state index in [0.29, 0.717) is 5.92 Å². The van der Waals surface area contributed by atoms with E-state index in [1.54, 1.807) is 6.07 Å². The van der Waals surface area contributed by atoms with Crippen LogP contribution >= 0.6 is 23.2 Å². The fourth-order valence-electron chi connectivity index (χ4n) is 1.87. The minimum absolute atomic E-state index is 0.598. The number of hydrogen-bond acceptors (Lipinski definition) is 0. The van der Waals surface area contributed by atoms with Crippen LogP contribution in [0.1, 0.15) is 51.0 Å². The molecule has 0 saturated heterocycles. The standard InChI is InChI=1S/C13H18Cl2/c1-3-5-6-10(4-2)11-7-12(14)9-13(15)8-11/h7-10H,3-6H2,1-2H3. The van der Waals surface area contributed by atoms with Gasteiger partial charge in [0.15, 0.2) is 0 Å². The highest BCUT2D eigenvalue weighted by molar-refractivity contribution is 6.34. The van der Waals surface area contributed by atoms with E-state index in [9.17, 15) is 0 Å². The fraction of sp³-hybridized carbons (Fsp3) is 0.538. The molecule has 0 nitrogen and oxygen atoms in total. The molecular formula is C13H18Cl2. The topological polar surface area (TPSA) is 0 Å². The maximum absolute atomic E-state index is 6.00. The Labute approximate surface area is 103 Å². The van der Waals surface area contributed by atoms with Gasteiger partial charge in [0.05, 0.1) is 0 Å². The second kappa shape index (κ2) is 6.40. The molecule has 0 N–H and O–H groups in total. The zero-order valence-corrected chi connectivity index (χ0v) is 10.9. The van der Waals surface area contributed by atoms with Crippen LogP contribution in [0.4, 0.5) is 0 Å². The third-order valence-electron chi connectivity index (χ3n) is 2.76. The van der Waals surface area contributed by atoms with Crippen molar-refractivity contribution >= 4 is 23.2 Å². The summed E-state index contributed by atoms with van der Waals surface area (Å²) in [5.74, 6) is 0.598. The van der Waals surface area contributed by atoms with Crippen molar-refractivity contribution < 1.29 is 0 Å². The third-order valence-corrected chi connectivity index (χ3v) is 3.19. The van der Waals surface area contributed by atoms with E-state index < -0.39 is 0 Å². The maximum Gasteiger partial charge on any atom is 0.0423 e. The average molecular weight is 245 g/mol. The highest BCUT2D eigenvalue weighted by atomic mass is 35.5. The van der Waals surface area contributed by atoms with Gasteiger partial charge in [-0.15, -0.1) is 0 Å². The summed E-state index contributed by atoms with van der Waals surface area (Å²) < 4.78 is 0. The van der Waals surface area contributed by atoms with Crippen LogP contribution in [0, 0.1) is 0 Å². The summed E-state index contributed by atoms with van der Waals surface area (Å²) in [5.41, 5.74) is 1.28. The van der Waals surface area contributed by atoms with Gasteiger partial charge in [-0.3, -0.25) is 0 Å². The van der Waals surface area contributed by atoms with E-state index in [-0.39, 0.29) is 0 Å². The van der Waals surface area contributed by atoms with Gasteiger partial charge in [-0.2, -0.15) is 0 Å². The Bertz CT molecular complexity index is 287. The molecule has 1 atom stereocenters. The molecule has 2 heteroatoms. The largest absolute Gasteiger partial charge is 0.0843 e. The van der Waals surface area contributed by atoms with Crippen LogP contribution in [0.25, 0.3) is 0 Å². The van der Waals surface area contributed by atoms with Crippen molar-refractivity contribution in [2.24, 2.45) is 0 Å². The molecule has 84 valence electrons. The Morgan fingerprint density at radius 3 is 2.13 bits per heavy atom. The molecule has 1 aromatic rings. The van der Waals surface area contributed by atoms with Gasteiger partial charge in [0.1, 0.15) is 0 Å². The molecule has 0 aliphatic heterocycles. The first-order valence-electron chi connectivity index (χ1n) is 5.63. The van der Waals surface area contributed by atoms with E-state index in [0.717, 1.165) is 16.5 Å². The molecule has 0 fully saturated rings. The van der Waals surface area contributed by atoms with Gasteiger partial charge in [0.2, 0.25) is 0 Å². The molecule has 0 aliphatic rings. The molecule has 15 heavy (non-hydrogen) atoms. The number of benzene rings is 1. The summed E-state index contributed by atoms with van der Waals surface area (Å²) in [5, 5.41) is 1.49. The number of rotatable bonds is 5. The first kappa shape index (κ1) is 12.9. The van der Waals surface area contributed by atoms with Crippen molar-refractivity contribution in [2.75, 3.05) is 0 Å². The van der Waals surface area contributed by atoms with E-state index in [1.165, 1.54) is 24.8 Å². The minimum atomic E-state index is 0.598. The summed E-state index contributed by atoms with van der Waals surface area (Å²) in [6.45, 7) is 4.44.